The van der Waals surface area contributed by atoms with Crippen LogP contribution in [0.2, 0.25) is 0 Å². The third-order valence-corrected chi connectivity index (χ3v) is 2.27. The number of carboxylic acids is 1. The molecule has 0 unspecified atom stereocenters. The molecule has 1 aliphatic rings. The zero-order valence-electron chi connectivity index (χ0n) is 7.25. The lowest BCUT2D eigenvalue weighted by Crippen LogP contribution is -2.39. The Morgan fingerprint density at radius 1 is 1.67 bits per heavy atom. The molecule has 4 heteroatoms. The van der Waals surface area contributed by atoms with Gasteiger partial charge in [-0.15, -0.1) is 0 Å². The van der Waals surface area contributed by atoms with Crippen molar-refractivity contribution in [1.82, 2.24) is 5.32 Å². The van der Waals surface area contributed by atoms with Gasteiger partial charge >= 0.3 is 5.97 Å². The Balaban J connectivity index is 2.26. The van der Waals surface area contributed by atoms with Crippen molar-refractivity contribution in [3.63, 3.8) is 0 Å². The molecule has 0 saturated heterocycles. The summed E-state index contributed by atoms with van der Waals surface area (Å²) in [6.45, 7) is 0.0323. The van der Waals surface area contributed by atoms with Gasteiger partial charge < -0.3 is 15.2 Å². The Morgan fingerprint density at radius 3 is 3.00 bits per heavy atom. The van der Waals surface area contributed by atoms with Crippen molar-refractivity contribution in [2.45, 2.75) is 31.4 Å². The van der Waals surface area contributed by atoms with Crippen LogP contribution in [0.15, 0.2) is 0 Å². The van der Waals surface area contributed by atoms with Crippen molar-refractivity contribution < 1.29 is 14.6 Å². The average molecular weight is 173 g/mol. The van der Waals surface area contributed by atoms with E-state index in [0.29, 0.717) is 0 Å². The molecule has 0 aromatic rings. The normalized spacial score (nSPS) is 29.1. The van der Waals surface area contributed by atoms with Gasteiger partial charge in [0.1, 0.15) is 0 Å². The zero-order chi connectivity index (χ0) is 8.97. The van der Waals surface area contributed by atoms with E-state index in [1.54, 1.807) is 7.11 Å². The summed E-state index contributed by atoms with van der Waals surface area (Å²) in [5.41, 5.74) is 0. The third kappa shape index (κ3) is 2.46. The van der Waals surface area contributed by atoms with Gasteiger partial charge in [0.25, 0.3) is 0 Å². The molecule has 0 amide bonds. The molecule has 2 atom stereocenters. The summed E-state index contributed by atoms with van der Waals surface area (Å²) in [5, 5.41) is 11.4. The van der Waals surface area contributed by atoms with E-state index in [1.165, 1.54) is 0 Å². The second-order valence-electron chi connectivity index (χ2n) is 3.09. The smallest absolute Gasteiger partial charge is 0.317 e. The molecular formula is C8H15NO3. The van der Waals surface area contributed by atoms with E-state index >= 15 is 0 Å². The molecule has 1 rings (SSSR count). The van der Waals surface area contributed by atoms with Crippen LogP contribution in [-0.4, -0.2) is 36.9 Å². The highest BCUT2D eigenvalue weighted by atomic mass is 16.5. The van der Waals surface area contributed by atoms with Crippen LogP contribution in [-0.2, 0) is 9.53 Å². The topological polar surface area (TPSA) is 58.6 Å². The number of nitrogens with one attached hydrogen (secondary N) is 1. The van der Waals surface area contributed by atoms with Crippen molar-refractivity contribution in [2.75, 3.05) is 13.7 Å². The molecule has 0 spiro atoms. The number of hydrogen-bond acceptors (Lipinski definition) is 3. The van der Waals surface area contributed by atoms with E-state index in [4.69, 9.17) is 9.84 Å². The minimum atomic E-state index is -0.809. The molecule has 0 radical (unpaired) electrons. The Bertz CT molecular complexity index is 160. The van der Waals surface area contributed by atoms with E-state index in [1.807, 2.05) is 0 Å². The zero-order valence-corrected chi connectivity index (χ0v) is 7.25. The van der Waals surface area contributed by atoms with Gasteiger partial charge in [0.05, 0.1) is 12.6 Å². The first kappa shape index (κ1) is 9.48. The van der Waals surface area contributed by atoms with Crippen molar-refractivity contribution in [1.29, 1.82) is 0 Å². The van der Waals surface area contributed by atoms with Crippen LogP contribution in [0.25, 0.3) is 0 Å². The lowest BCUT2D eigenvalue weighted by Gasteiger charge is -2.18. The minimum Gasteiger partial charge on any atom is -0.480 e. The molecule has 12 heavy (non-hydrogen) atoms. The highest BCUT2D eigenvalue weighted by Crippen LogP contribution is 2.20. The fraction of sp³-hybridized carbons (Fsp3) is 0.875. The Labute approximate surface area is 71.9 Å². The molecule has 1 fully saturated rings. The van der Waals surface area contributed by atoms with Crippen LogP contribution in [0.4, 0.5) is 0 Å². The molecule has 0 aromatic carbocycles. The maximum Gasteiger partial charge on any atom is 0.317 e. The molecule has 1 aliphatic carbocycles. The largest absolute Gasteiger partial charge is 0.480 e. The summed E-state index contributed by atoms with van der Waals surface area (Å²) < 4.78 is 5.20. The predicted molar refractivity (Wildman–Crippen MR) is 44.1 cm³/mol. The Morgan fingerprint density at radius 2 is 2.42 bits per heavy atom. The summed E-state index contributed by atoms with van der Waals surface area (Å²) in [7, 11) is 1.67. The quantitative estimate of drug-likeness (QED) is 0.639. The first-order valence-corrected chi connectivity index (χ1v) is 4.22. The number of aliphatic carboxylic acids is 1. The number of ether oxygens (including phenoxy) is 1. The van der Waals surface area contributed by atoms with E-state index in [0.717, 1.165) is 19.3 Å². The molecule has 0 aliphatic heterocycles. The van der Waals surface area contributed by atoms with Crippen LogP contribution in [0.3, 0.4) is 0 Å². The van der Waals surface area contributed by atoms with Gasteiger partial charge in [-0.2, -0.15) is 0 Å². The molecule has 1 saturated carbocycles. The SMILES string of the molecule is CO[C@H]1CCC[C@@H]1NCC(=O)O. The van der Waals surface area contributed by atoms with E-state index in [-0.39, 0.29) is 18.7 Å². The molecule has 2 N–H and O–H groups in total. The maximum absolute atomic E-state index is 10.2. The summed E-state index contributed by atoms with van der Waals surface area (Å²) in [6, 6.07) is 0.228. The van der Waals surface area contributed by atoms with Gasteiger partial charge in [-0.05, 0) is 19.3 Å². The highest BCUT2D eigenvalue weighted by molar-refractivity contribution is 5.69. The van der Waals surface area contributed by atoms with Crippen LogP contribution in [0, 0.1) is 0 Å². The molecule has 0 bridgehead atoms. The first-order chi connectivity index (χ1) is 5.74. The number of hydrogen-bond donors (Lipinski definition) is 2. The van der Waals surface area contributed by atoms with E-state index in [9.17, 15) is 4.79 Å². The summed E-state index contributed by atoms with van der Waals surface area (Å²) in [5.74, 6) is -0.809. The minimum absolute atomic E-state index is 0.0323. The van der Waals surface area contributed by atoms with Gasteiger partial charge in [-0.1, -0.05) is 0 Å². The number of methoxy groups -OCH3 is 1. The first-order valence-electron chi connectivity index (χ1n) is 4.22. The highest BCUT2D eigenvalue weighted by Gasteiger charge is 2.26. The molecule has 70 valence electrons. The monoisotopic (exact) mass is 173 g/mol. The van der Waals surface area contributed by atoms with Crippen LogP contribution in [0.5, 0.6) is 0 Å². The van der Waals surface area contributed by atoms with Crippen molar-refractivity contribution >= 4 is 5.97 Å². The van der Waals surface area contributed by atoms with Crippen LogP contribution in [0.1, 0.15) is 19.3 Å². The van der Waals surface area contributed by atoms with Gasteiger partial charge in [0, 0.05) is 13.2 Å². The van der Waals surface area contributed by atoms with Crippen LogP contribution >= 0.6 is 0 Å². The van der Waals surface area contributed by atoms with Gasteiger partial charge in [0.15, 0.2) is 0 Å². The molecule has 0 aromatic heterocycles. The molecular weight excluding hydrogens is 158 g/mol. The summed E-state index contributed by atoms with van der Waals surface area (Å²) in [6.07, 6.45) is 3.37. The van der Waals surface area contributed by atoms with Crippen molar-refractivity contribution in [3.8, 4) is 0 Å². The Kier molecular flexibility index (Phi) is 3.49. The number of carboxylic acid groups (broad SMARTS) is 1. The lowest BCUT2D eigenvalue weighted by atomic mass is 10.2. The second-order valence-corrected chi connectivity index (χ2v) is 3.09. The summed E-state index contributed by atoms with van der Waals surface area (Å²) >= 11 is 0. The standard InChI is InChI=1S/C8H15NO3/c1-12-7-4-2-3-6(7)9-5-8(10)11/h6-7,9H,2-5H2,1H3,(H,10,11)/t6-,7-/m0/s1. The van der Waals surface area contributed by atoms with Crippen molar-refractivity contribution in [3.05, 3.63) is 0 Å². The number of rotatable bonds is 4. The fourth-order valence-electron chi connectivity index (χ4n) is 1.66. The predicted octanol–water partition coefficient (Wildman–Crippen LogP) is 0.228. The van der Waals surface area contributed by atoms with Gasteiger partial charge in [-0.25, -0.2) is 0 Å². The molecule has 4 nitrogen and oxygen atoms in total. The third-order valence-electron chi connectivity index (χ3n) is 2.27. The summed E-state index contributed by atoms with van der Waals surface area (Å²) in [4.78, 5) is 10.2. The fourth-order valence-corrected chi connectivity index (χ4v) is 1.66. The van der Waals surface area contributed by atoms with E-state index in [2.05, 4.69) is 5.32 Å². The Hall–Kier alpha value is -0.610. The van der Waals surface area contributed by atoms with E-state index < -0.39 is 5.97 Å². The average Bonchev–Trinajstić information content (AvgIpc) is 2.47. The lowest BCUT2D eigenvalue weighted by molar-refractivity contribution is -0.136. The molecule has 0 heterocycles. The van der Waals surface area contributed by atoms with Crippen molar-refractivity contribution in [2.24, 2.45) is 0 Å². The van der Waals surface area contributed by atoms with Gasteiger partial charge in [0.2, 0.25) is 0 Å². The second kappa shape index (κ2) is 4.42. The maximum atomic E-state index is 10.2. The van der Waals surface area contributed by atoms with Gasteiger partial charge in [-0.3, -0.25) is 4.79 Å². The van der Waals surface area contributed by atoms with Crippen LogP contribution < -0.4 is 5.32 Å². The number of carbonyl (C=O) groups is 1.